The van der Waals surface area contributed by atoms with Crippen molar-refractivity contribution >= 4 is 0 Å². The van der Waals surface area contributed by atoms with Crippen LogP contribution in [0.5, 0.6) is 0 Å². The van der Waals surface area contributed by atoms with Crippen molar-refractivity contribution in [2.75, 3.05) is 6.54 Å². The summed E-state index contributed by atoms with van der Waals surface area (Å²) < 4.78 is 2.71. The number of hydrogen-bond acceptors (Lipinski definition) is 2. The molecule has 1 aliphatic heterocycles. The second-order valence-corrected chi connectivity index (χ2v) is 7.89. The van der Waals surface area contributed by atoms with Crippen LogP contribution in [0.3, 0.4) is 0 Å². The maximum Gasteiger partial charge on any atom is 0.112 e. The van der Waals surface area contributed by atoms with Crippen LogP contribution in [0.15, 0.2) is 0 Å². The Morgan fingerprint density at radius 1 is 1.10 bits per heavy atom. The minimum atomic E-state index is 0.269. The van der Waals surface area contributed by atoms with Crippen molar-refractivity contribution in [1.29, 1.82) is 0 Å². The molecule has 21 heavy (non-hydrogen) atoms. The molecule has 1 aromatic heterocycles. The molecule has 2 saturated carbocycles. The Bertz CT molecular complexity index is 519. The molecule has 3 nitrogen and oxygen atoms in total. The van der Waals surface area contributed by atoms with E-state index in [4.69, 9.17) is 4.98 Å². The van der Waals surface area contributed by atoms with Crippen molar-refractivity contribution in [3.63, 3.8) is 0 Å². The largest absolute Gasteiger partial charge is 0.326 e. The van der Waals surface area contributed by atoms with Crippen LogP contribution in [-0.4, -0.2) is 16.1 Å². The van der Waals surface area contributed by atoms with Crippen LogP contribution in [0.2, 0.25) is 0 Å². The van der Waals surface area contributed by atoms with E-state index in [0.29, 0.717) is 5.92 Å². The highest BCUT2D eigenvalue weighted by Crippen LogP contribution is 2.47. The summed E-state index contributed by atoms with van der Waals surface area (Å²) in [4.78, 5) is 5.15. The molecule has 0 bridgehead atoms. The number of nitrogens with zero attached hydrogens (tertiary/aromatic N) is 2. The monoisotopic (exact) mass is 287 g/mol. The smallest absolute Gasteiger partial charge is 0.112 e. The highest BCUT2D eigenvalue weighted by atomic mass is 15.2. The molecule has 0 radical (unpaired) electrons. The van der Waals surface area contributed by atoms with E-state index < -0.39 is 0 Å². The Morgan fingerprint density at radius 3 is 2.57 bits per heavy atom. The van der Waals surface area contributed by atoms with Crippen LogP contribution in [0.4, 0.5) is 0 Å². The number of imidazole rings is 1. The fraction of sp³-hybridized carbons (Fsp3) is 0.833. The van der Waals surface area contributed by atoms with Crippen LogP contribution in [0, 0.1) is 5.92 Å². The lowest BCUT2D eigenvalue weighted by Gasteiger charge is -2.34. The summed E-state index contributed by atoms with van der Waals surface area (Å²) >= 11 is 0. The van der Waals surface area contributed by atoms with E-state index in [9.17, 15) is 0 Å². The fourth-order valence-electron chi connectivity index (χ4n) is 4.58. The predicted octanol–water partition coefficient (Wildman–Crippen LogP) is 3.72. The van der Waals surface area contributed by atoms with Crippen molar-refractivity contribution in [2.24, 2.45) is 5.92 Å². The molecular formula is C18H29N3. The van der Waals surface area contributed by atoms with Crippen molar-refractivity contribution in [1.82, 2.24) is 14.9 Å². The minimum Gasteiger partial charge on any atom is -0.326 e. The first kappa shape index (κ1) is 13.8. The number of nitrogens with one attached hydrogen (secondary N) is 1. The molecule has 2 aliphatic carbocycles. The third kappa shape index (κ3) is 2.34. The second kappa shape index (κ2) is 5.12. The molecule has 1 aromatic rings. The number of hydrogen-bond donors (Lipinski definition) is 1. The van der Waals surface area contributed by atoms with Gasteiger partial charge in [0.1, 0.15) is 5.82 Å². The van der Waals surface area contributed by atoms with Crippen LogP contribution in [-0.2, 0) is 18.5 Å². The molecule has 1 N–H and O–H groups in total. The van der Waals surface area contributed by atoms with Gasteiger partial charge < -0.3 is 9.88 Å². The van der Waals surface area contributed by atoms with E-state index in [1.165, 1.54) is 56.5 Å². The topological polar surface area (TPSA) is 29.9 Å². The molecule has 2 fully saturated rings. The van der Waals surface area contributed by atoms with Gasteiger partial charge in [0, 0.05) is 36.7 Å². The average Bonchev–Trinajstić information content (AvgIpc) is 3.29. The molecule has 0 aromatic carbocycles. The van der Waals surface area contributed by atoms with Gasteiger partial charge in [0.05, 0.1) is 5.69 Å². The maximum atomic E-state index is 5.15. The molecule has 116 valence electrons. The zero-order chi connectivity index (χ0) is 14.4. The van der Waals surface area contributed by atoms with E-state index in [1.54, 1.807) is 5.69 Å². The number of rotatable bonds is 3. The molecule has 0 saturated heterocycles. The summed E-state index contributed by atoms with van der Waals surface area (Å²) in [5.74, 6) is 3.01. The molecular weight excluding hydrogens is 258 g/mol. The SMILES string of the molecule is CC(C)(C1CC1)n1c(C2CCCCC2)nc2c1CCNC2. The summed E-state index contributed by atoms with van der Waals surface area (Å²) in [7, 11) is 0. The molecule has 4 rings (SSSR count). The zero-order valence-corrected chi connectivity index (χ0v) is 13.6. The first-order chi connectivity index (χ1) is 10.2. The summed E-state index contributed by atoms with van der Waals surface area (Å²) in [6.07, 6.45) is 10.9. The molecule has 0 spiro atoms. The summed E-state index contributed by atoms with van der Waals surface area (Å²) in [6, 6.07) is 0. The third-order valence-electron chi connectivity index (χ3n) is 6.04. The van der Waals surface area contributed by atoms with Crippen LogP contribution < -0.4 is 5.32 Å². The van der Waals surface area contributed by atoms with Crippen molar-refractivity contribution in [2.45, 2.75) is 83.2 Å². The standard InChI is InChI=1S/C18H29N3/c1-18(2,14-8-9-14)21-16-10-11-19-12-15(16)20-17(21)13-6-4-3-5-7-13/h13-14,19H,3-12H2,1-2H3. The molecule has 3 heteroatoms. The van der Waals surface area contributed by atoms with Gasteiger partial charge in [-0.05, 0) is 45.4 Å². The average molecular weight is 287 g/mol. The Balaban J connectivity index is 1.79. The van der Waals surface area contributed by atoms with E-state index >= 15 is 0 Å². The van der Waals surface area contributed by atoms with Gasteiger partial charge in [-0.3, -0.25) is 0 Å². The highest BCUT2D eigenvalue weighted by Gasteiger charge is 2.43. The fourth-order valence-corrected chi connectivity index (χ4v) is 4.58. The van der Waals surface area contributed by atoms with Crippen molar-refractivity contribution in [3.8, 4) is 0 Å². The van der Waals surface area contributed by atoms with Crippen LogP contribution in [0.1, 0.15) is 81.9 Å². The van der Waals surface area contributed by atoms with Gasteiger partial charge in [0.2, 0.25) is 0 Å². The summed E-state index contributed by atoms with van der Waals surface area (Å²) in [5.41, 5.74) is 3.16. The molecule has 2 heterocycles. The molecule has 0 atom stereocenters. The second-order valence-electron chi connectivity index (χ2n) is 7.89. The molecule has 3 aliphatic rings. The predicted molar refractivity (Wildman–Crippen MR) is 85.5 cm³/mol. The Hall–Kier alpha value is -0.830. The first-order valence-corrected chi connectivity index (χ1v) is 8.99. The van der Waals surface area contributed by atoms with Crippen molar-refractivity contribution < 1.29 is 0 Å². The zero-order valence-electron chi connectivity index (χ0n) is 13.6. The lowest BCUT2D eigenvalue weighted by atomic mass is 9.87. The number of fused-ring (bicyclic) bond motifs is 1. The minimum absolute atomic E-state index is 0.269. The Morgan fingerprint density at radius 2 is 1.86 bits per heavy atom. The van der Waals surface area contributed by atoms with Gasteiger partial charge in [0.15, 0.2) is 0 Å². The van der Waals surface area contributed by atoms with Gasteiger partial charge in [0.25, 0.3) is 0 Å². The first-order valence-electron chi connectivity index (χ1n) is 8.99. The van der Waals surface area contributed by atoms with Gasteiger partial charge >= 0.3 is 0 Å². The molecule has 0 unspecified atom stereocenters. The van der Waals surface area contributed by atoms with Gasteiger partial charge in [-0.1, -0.05) is 19.3 Å². The lowest BCUT2D eigenvalue weighted by Crippen LogP contribution is -2.35. The normalized spacial score (nSPS) is 24.1. The van der Waals surface area contributed by atoms with Crippen LogP contribution in [0.25, 0.3) is 0 Å². The summed E-state index contributed by atoms with van der Waals surface area (Å²) in [5, 5.41) is 3.50. The lowest BCUT2D eigenvalue weighted by molar-refractivity contribution is 0.271. The maximum absolute atomic E-state index is 5.15. The van der Waals surface area contributed by atoms with E-state index in [1.807, 2.05) is 0 Å². The van der Waals surface area contributed by atoms with Gasteiger partial charge in [-0.15, -0.1) is 0 Å². The van der Waals surface area contributed by atoms with Crippen LogP contribution >= 0.6 is 0 Å². The quantitative estimate of drug-likeness (QED) is 0.918. The highest BCUT2D eigenvalue weighted by molar-refractivity contribution is 5.25. The van der Waals surface area contributed by atoms with E-state index in [2.05, 4.69) is 23.7 Å². The van der Waals surface area contributed by atoms with Gasteiger partial charge in [-0.2, -0.15) is 0 Å². The van der Waals surface area contributed by atoms with E-state index in [-0.39, 0.29) is 5.54 Å². The van der Waals surface area contributed by atoms with E-state index in [0.717, 1.165) is 25.4 Å². The Kier molecular flexibility index (Phi) is 3.36. The summed E-state index contributed by atoms with van der Waals surface area (Å²) in [6.45, 7) is 7.01. The Labute approximate surface area is 128 Å². The van der Waals surface area contributed by atoms with Gasteiger partial charge in [-0.25, -0.2) is 4.98 Å². The molecule has 0 amide bonds. The number of aromatic nitrogens is 2. The van der Waals surface area contributed by atoms with Crippen molar-refractivity contribution in [3.05, 3.63) is 17.2 Å². The third-order valence-corrected chi connectivity index (χ3v) is 6.04.